The molecule has 1 aromatic rings. The SMILES string of the molecule is CNc1nc(N(C)C)nc(N2CCC(C)(C)CC2)n1. The number of nitrogens with zero attached hydrogens (tertiary/aromatic N) is 5. The molecule has 1 aromatic heterocycles. The van der Waals surface area contributed by atoms with E-state index in [1.807, 2.05) is 26.0 Å². The van der Waals surface area contributed by atoms with Crippen molar-refractivity contribution in [2.45, 2.75) is 26.7 Å². The summed E-state index contributed by atoms with van der Waals surface area (Å²) in [6, 6.07) is 0. The smallest absolute Gasteiger partial charge is 0.231 e. The van der Waals surface area contributed by atoms with Crippen molar-refractivity contribution in [3.8, 4) is 0 Å². The highest BCUT2D eigenvalue weighted by atomic mass is 15.3. The van der Waals surface area contributed by atoms with Crippen molar-refractivity contribution >= 4 is 17.8 Å². The molecule has 0 saturated carbocycles. The monoisotopic (exact) mass is 264 g/mol. The minimum atomic E-state index is 0.430. The zero-order chi connectivity index (χ0) is 14.0. The molecule has 19 heavy (non-hydrogen) atoms. The van der Waals surface area contributed by atoms with Crippen LogP contribution in [0, 0.1) is 5.41 Å². The molecule has 1 aliphatic heterocycles. The predicted molar refractivity (Wildman–Crippen MR) is 78.9 cm³/mol. The van der Waals surface area contributed by atoms with Crippen LogP contribution in [0.5, 0.6) is 0 Å². The molecule has 0 spiro atoms. The summed E-state index contributed by atoms with van der Waals surface area (Å²) in [4.78, 5) is 17.5. The van der Waals surface area contributed by atoms with Crippen LogP contribution in [0.1, 0.15) is 26.7 Å². The van der Waals surface area contributed by atoms with Crippen molar-refractivity contribution in [2.75, 3.05) is 49.3 Å². The zero-order valence-electron chi connectivity index (χ0n) is 12.6. The molecular weight excluding hydrogens is 240 g/mol. The molecule has 2 heterocycles. The van der Waals surface area contributed by atoms with Crippen molar-refractivity contribution in [1.82, 2.24) is 15.0 Å². The van der Waals surface area contributed by atoms with E-state index in [9.17, 15) is 0 Å². The molecule has 0 aliphatic carbocycles. The summed E-state index contributed by atoms with van der Waals surface area (Å²) >= 11 is 0. The Kier molecular flexibility index (Phi) is 3.78. The molecular formula is C13H24N6. The summed E-state index contributed by atoms with van der Waals surface area (Å²) in [5, 5.41) is 3.00. The third-order valence-electron chi connectivity index (χ3n) is 3.64. The van der Waals surface area contributed by atoms with Gasteiger partial charge in [-0.25, -0.2) is 0 Å². The van der Waals surface area contributed by atoms with Crippen LogP contribution in [0.3, 0.4) is 0 Å². The first-order chi connectivity index (χ1) is 8.91. The molecule has 1 fully saturated rings. The van der Waals surface area contributed by atoms with E-state index in [2.05, 4.69) is 39.0 Å². The Balaban J connectivity index is 2.22. The van der Waals surface area contributed by atoms with Gasteiger partial charge in [0.2, 0.25) is 17.8 Å². The summed E-state index contributed by atoms with van der Waals surface area (Å²) in [6.07, 6.45) is 2.34. The van der Waals surface area contributed by atoms with Gasteiger partial charge in [-0.2, -0.15) is 15.0 Å². The maximum atomic E-state index is 4.54. The third-order valence-corrected chi connectivity index (χ3v) is 3.64. The van der Waals surface area contributed by atoms with Crippen molar-refractivity contribution < 1.29 is 0 Å². The molecule has 6 nitrogen and oxygen atoms in total. The van der Waals surface area contributed by atoms with Gasteiger partial charge in [-0.15, -0.1) is 0 Å². The van der Waals surface area contributed by atoms with Crippen LogP contribution in [0.25, 0.3) is 0 Å². The predicted octanol–water partition coefficient (Wildman–Crippen LogP) is 1.61. The molecule has 6 heteroatoms. The fraction of sp³-hybridized carbons (Fsp3) is 0.769. The average Bonchev–Trinajstić information content (AvgIpc) is 2.38. The van der Waals surface area contributed by atoms with E-state index in [-0.39, 0.29) is 0 Å². The Morgan fingerprint density at radius 2 is 1.74 bits per heavy atom. The highest BCUT2D eigenvalue weighted by Crippen LogP contribution is 2.31. The summed E-state index contributed by atoms with van der Waals surface area (Å²) in [5.41, 5.74) is 0.430. The molecule has 1 saturated heterocycles. The maximum Gasteiger partial charge on any atom is 0.231 e. The van der Waals surface area contributed by atoms with Gasteiger partial charge in [-0.05, 0) is 18.3 Å². The van der Waals surface area contributed by atoms with Gasteiger partial charge in [0.1, 0.15) is 0 Å². The topological polar surface area (TPSA) is 57.2 Å². The highest BCUT2D eigenvalue weighted by molar-refractivity contribution is 5.44. The minimum Gasteiger partial charge on any atom is -0.357 e. The first kappa shape index (κ1) is 13.8. The van der Waals surface area contributed by atoms with Crippen molar-refractivity contribution in [3.05, 3.63) is 0 Å². The molecule has 106 valence electrons. The highest BCUT2D eigenvalue weighted by Gasteiger charge is 2.27. The van der Waals surface area contributed by atoms with Gasteiger partial charge in [-0.3, -0.25) is 0 Å². The third kappa shape index (κ3) is 3.24. The van der Waals surface area contributed by atoms with Gasteiger partial charge in [-0.1, -0.05) is 13.8 Å². The number of anilines is 3. The maximum absolute atomic E-state index is 4.54. The number of nitrogens with one attached hydrogen (secondary N) is 1. The minimum absolute atomic E-state index is 0.430. The van der Waals surface area contributed by atoms with Crippen molar-refractivity contribution in [1.29, 1.82) is 0 Å². The summed E-state index contributed by atoms with van der Waals surface area (Å²) in [7, 11) is 5.72. The molecule has 0 bridgehead atoms. The second kappa shape index (κ2) is 5.19. The number of rotatable bonds is 3. The van der Waals surface area contributed by atoms with Crippen molar-refractivity contribution in [2.24, 2.45) is 5.41 Å². The molecule has 0 atom stereocenters. The van der Waals surface area contributed by atoms with Gasteiger partial charge in [0.05, 0.1) is 0 Å². The Labute approximate surface area is 115 Å². The van der Waals surface area contributed by atoms with Crippen LogP contribution >= 0.6 is 0 Å². The standard InChI is InChI=1S/C13H24N6/c1-13(2)6-8-19(9-7-13)12-16-10(14-3)15-11(17-12)18(4)5/h6-9H2,1-5H3,(H,14,15,16,17). The second-order valence-corrected chi connectivity index (χ2v) is 6.05. The number of aromatic nitrogens is 3. The molecule has 0 unspecified atom stereocenters. The normalized spacial score (nSPS) is 18.3. The van der Waals surface area contributed by atoms with Crippen molar-refractivity contribution in [3.63, 3.8) is 0 Å². The molecule has 0 radical (unpaired) electrons. The van der Waals surface area contributed by atoms with Crippen LogP contribution in [0.2, 0.25) is 0 Å². The summed E-state index contributed by atoms with van der Waals surface area (Å²) < 4.78 is 0. The van der Waals surface area contributed by atoms with Gasteiger partial charge in [0, 0.05) is 34.2 Å². The Morgan fingerprint density at radius 3 is 2.26 bits per heavy atom. The zero-order valence-corrected chi connectivity index (χ0v) is 12.6. The van der Waals surface area contributed by atoms with E-state index in [0.717, 1.165) is 19.0 Å². The first-order valence-corrected chi connectivity index (χ1v) is 6.77. The number of hydrogen-bond donors (Lipinski definition) is 1. The molecule has 2 rings (SSSR count). The lowest BCUT2D eigenvalue weighted by atomic mass is 9.83. The summed E-state index contributed by atoms with van der Waals surface area (Å²) in [6.45, 7) is 6.66. The quantitative estimate of drug-likeness (QED) is 0.895. The first-order valence-electron chi connectivity index (χ1n) is 6.77. The Morgan fingerprint density at radius 1 is 1.11 bits per heavy atom. The Hall–Kier alpha value is -1.59. The van der Waals surface area contributed by atoms with Gasteiger partial charge >= 0.3 is 0 Å². The van der Waals surface area contributed by atoms with Gasteiger partial charge in [0.25, 0.3) is 0 Å². The van der Waals surface area contributed by atoms with E-state index in [0.29, 0.717) is 17.3 Å². The largest absolute Gasteiger partial charge is 0.357 e. The average molecular weight is 264 g/mol. The molecule has 0 amide bonds. The number of piperidine rings is 1. The van der Waals surface area contributed by atoms with E-state index in [4.69, 9.17) is 0 Å². The van der Waals surface area contributed by atoms with Crippen LogP contribution in [-0.4, -0.2) is 49.2 Å². The van der Waals surface area contributed by atoms with E-state index in [1.54, 1.807) is 0 Å². The van der Waals surface area contributed by atoms with Gasteiger partial charge in [0.15, 0.2) is 0 Å². The molecule has 0 aromatic carbocycles. The van der Waals surface area contributed by atoms with E-state index < -0.39 is 0 Å². The Bertz CT molecular complexity index is 433. The fourth-order valence-electron chi connectivity index (χ4n) is 2.12. The van der Waals surface area contributed by atoms with E-state index >= 15 is 0 Å². The molecule has 1 aliphatic rings. The lowest BCUT2D eigenvalue weighted by Gasteiger charge is -2.37. The summed E-state index contributed by atoms with van der Waals surface area (Å²) in [5.74, 6) is 2.09. The van der Waals surface area contributed by atoms with Crippen LogP contribution in [-0.2, 0) is 0 Å². The van der Waals surface area contributed by atoms with Crippen LogP contribution in [0.15, 0.2) is 0 Å². The van der Waals surface area contributed by atoms with Crippen LogP contribution in [0.4, 0.5) is 17.8 Å². The number of hydrogen-bond acceptors (Lipinski definition) is 6. The fourth-order valence-corrected chi connectivity index (χ4v) is 2.12. The molecule has 1 N–H and O–H groups in total. The van der Waals surface area contributed by atoms with Crippen LogP contribution < -0.4 is 15.1 Å². The lowest BCUT2D eigenvalue weighted by Crippen LogP contribution is -2.38. The van der Waals surface area contributed by atoms with E-state index in [1.165, 1.54) is 12.8 Å². The second-order valence-electron chi connectivity index (χ2n) is 6.05. The van der Waals surface area contributed by atoms with Gasteiger partial charge < -0.3 is 15.1 Å². The lowest BCUT2D eigenvalue weighted by molar-refractivity contribution is 0.278.